The first-order valence-electron chi connectivity index (χ1n) is 23.7. The molecule has 0 saturated carbocycles. The molecule has 68 heavy (non-hydrogen) atoms. The minimum absolute atomic E-state index is 0.516. The van der Waals surface area contributed by atoms with E-state index < -0.39 is 5.41 Å². The normalized spacial score (nSPS) is 13.4. The molecule has 1 aromatic heterocycles. The first-order chi connectivity index (χ1) is 33.8. The Morgan fingerprint density at radius 1 is 0.265 bits per heavy atom. The predicted molar refractivity (Wildman–Crippen MR) is 286 cm³/mol. The second-order valence-corrected chi connectivity index (χ2v) is 18.9. The molecule has 0 unspecified atom stereocenters. The highest BCUT2D eigenvalue weighted by Crippen LogP contribution is 2.66. The third kappa shape index (κ3) is 4.51. The molecule has 1 nitrogen and oxygen atoms in total. The van der Waals surface area contributed by atoms with Crippen LogP contribution in [0.25, 0.3) is 131 Å². The number of hydrogen-bond acceptors (Lipinski definition) is 1. The Bertz CT molecular complexity index is 4460. The van der Waals surface area contributed by atoms with Gasteiger partial charge in [0.2, 0.25) is 0 Å². The lowest BCUT2D eigenvalue weighted by Crippen LogP contribution is -2.26. The Morgan fingerprint density at radius 3 is 1.38 bits per heavy atom. The van der Waals surface area contributed by atoms with Crippen LogP contribution in [0.2, 0.25) is 0 Å². The van der Waals surface area contributed by atoms with Gasteiger partial charge in [-0.2, -0.15) is 0 Å². The Morgan fingerprint density at radius 2 is 0.735 bits per heavy atom. The first-order valence-corrected chi connectivity index (χ1v) is 23.7. The largest absolute Gasteiger partial charge is 0.455 e. The fourth-order valence-electron chi connectivity index (χ4n) is 13.2. The van der Waals surface area contributed by atoms with Crippen LogP contribution >= 0.6 is 0 Å². The van der Waals surface area contributed by atoms with Gasteiger partial charge in [0.05, 0.1) is 5.41 Å². The van der Waals surface area contributed by atoms with Gasteiger partial charge in [-0.3, -0.25) is 0 Å². The minimum Gasteiger partial charge on any atom is -0.455 e. The van der Waals surface area contributed by atoms with Gasteiger partial charge in [0.25, 0.3) is 0 Å². The maximum Gasteiger partial charge on any atom is 0.143 e. The Hall–Kier alpha value is -8.78. The maximum atomic E-state index is 6.60. The van der Waals surface area contributed by atoms with E-state index in [4.69, 9.17) is 4.42 Å². The Kier molecular flexibility index (Phi) is 7.07. The van der Waals surface area contributed by atoms with Gasteiger partial charge in [-0.15, -0.1) is 0 Å². The molecule has 2 aliphatic carbocycles. The summed E-state index contributed by atoms with van der Waals surface area (Å²) in [5.74, 6) is 0. The van der Waals surface area contributed by atoms with Crippen molar-refractivity contribution in [3.8, 4) is 44.5 Å². The van der Waals surface area contributed by atoms with Crippen molar-refractivity contribution in [2.24, 2.45) is 0 Å². The van der Waals surface area contributed by atoms with Gasteiger partial charge >= 0.3 is 0 Å². The quantitative estimate of drug-likeness (QED) is 0.125. The molecule has 1 heterocycles. The van der Waals surface area contributed by atoms with E-state index in [0.29, 0.717) is 0 Å². The lowest BCUT2D eigenvalue weighted by atomic mass is 9.68. The van der Waals surface area contributed by atoms with E-state index in [1.54, 1.807) is 0 Å². The second-order valence-electron chi connectivity index (χ2n) is 18.9. The summed E-state index contributed by atoms with van der Waals surface area (Å²) in [6.07, 6.45) is 0. The van der Waals surface area contributed by atoms with Gasteiger partial charge in [-0.05, 0) is 150 Å². The molecule has 312 valence electrons. The van der Waals surface area contributed by atoms with Crippen molar-refractivity contribution in [3.63, 3.8) is 0 Å². The Balaban J connectivity index is 0.994. The standard InChI is InChI=1S/C67H38O/c1-3-17-43-39(15-1)30-35-55-63-48-22-6-5-19-45(48)56-37-41(31-33-53(56)65(63)67(64(43)55)58-27-13-11-20-46(58)47-21-12-14-28-59(47)67)61-49-23-7-9-25-51(49)62(52-26-10-8-24-50(52)61)42-32-36-60-57(38-42)54-34-29-40-16-2-4-18-44(40)66(54)68-60/h1-38H. The molecule has 0 N–H and O–H groups in total. The van der Waals surface area contributed by atoms with Crippen molar-refractivity contribution in [3.05, 3.63) is 253 Å². The van der Waals surface area contributed by atoms with Crippen molar-refractivity contribution < 1.29 is 4.42 Å². The van der Waals surface area contributed by atoms with Crippen molar-refractivity contribution in [1.29, 1.82) is 0 Å². The van der Waals surface area contributed by atoms with Crippen LogP contribution in [-0.2, 0) is 5.41 Å². The second kappa shape index (κ2) is 13.2. The fourth-order valence-corrected chi connectivity index (χ4v) is 13.2. The smallest absolute Gasteiger partial charge is 0.143 e. The van der Waals surface area contributed by atoms with Crippen molar-refractivity contribution >= 4 is 86.6 Å². The molecule has 16 rings (SSSR count). The lowest BCUT2D eigenvalue weighted by molar-refractivity contribution is 0.672. The summed E-state index contributed by atoms with van der Waals surface area (Å²) in [6.45, 7) is 0. The summed E-state index contributed by atoms with van der Waals surface area (Å²) in [7, 11) is 0. The van der Waals surface area contributed by atoms with Crippen LogP contribution in [-0.4, -0.2) is 0 Å². The molecular formula is C67H38O. The molecule has 0 amide bonds. The molecule has 0 aliphatic heterocycles. The van der Waals surface area contributed by atoms with E-state index in [0.717, 1.165) is 27.3 Å². The number of furan rings is 1. The van der Waals surface area contributed by atoms with E-state index in [2.05, 4.69) is 231 Å². The maximum absolute atomic E-state index is 6.60. The van der Waals surface area contributed by atoms with E-state index in [-0.39, 0.29) is 0 Å². The van der Waals surface area contributed by atoms with Crippen LogP contribution < -0.4 is 0 Å². The average Bonchev–Trinajstić information content (AvgIpc) is 4.04. The van der Waals surface area contributed by atoms with E-state index >= 15 is 0 Å². The highest BCUT2D eigenvalue weighted by atomic mass is 16.3. The van der Waals surface area contributed by atoms with Gasteiger partial charge in [-0.25, -0.2) is 0 Å². The van der Waals surface area contributed by atoms with Gasteiger partial charge in [-0.1, -0.05) is 206 Å². The van der Waals surface area contributed by atoms with Crippen molar-refractivity contribution in [2.45, 2.75) is 5.41 Å². The van der Waals surface area contributed by atoms with Crippen LogP contribution in [0.5, 0.6) is 0 Å². The summed E-state index contributed by atoms with van der Waals surface area (Å²) in [5.41, 5.74) is 17.1. The molecule has 1 heteroatoms. The molecular weight excluding hydrogens is 821 g/mol. The van der Waals surface area contributed by atoms with Crippen LogP contribution in [0.1, 0.15) is 22.3 Å². The van der Waals surface area contributed by atoms with E-state index in [1.165, 1.54) is 126 Å². The summed E-state index contributed by atoms with van der Waals surface area (Å²) in [6, 6.07) is 86.5. The van der Waals surface area contributed by atoms with E-state index in [1.807, 2.05) is 0 Å². The molecule has 0 fully saturated rings. The number of benzene rings is 13. The van der Waals surface area contributed by atoms with Crippen LogP contribution in [0.3, 0.4) is 0 Å². The molecule has 2 aliphatic rings. The highest BCUT2D eigenvalue weighted by Gasteiger charge is 2.53. The van der Waals surface area contributed by atoms with Crippen LogP contribution in [0.4, 0.5) is 0 Å². The van der Waals surface area contributed by atoms with Gasteiger partial charge < -0.3 is 4.42 Å². The van der Waals surface area contributed by atoms with Crippen molar-refractivity contribution in [2.75, 3.05) is 0 Å². The fraction of sp³-hybridized carbons (Fsp3) is 0.0149. The predicted octanol–water partition coefficient (Wildman–Crippen LogP) is 18.2. The number of hydrogen-bond donors (Lipinski definition) is 0. The topological polar surface area (TPSA) is 13.1 Å². The lowest BCUT2D eigenvalue weighted by Gasteiger charge is -2.32. The van der Waals surface area contributed by atoms with E-state index in [9.17, 15) is 0 Å². The average molecular weight is 859 g/mol. The molecule has 0 radical (unpaired) electrons. The summed E-state index contributed by atoms with van der Waals surface area (Å²) in [5, 5.41) is 17.3. The minimum atomic E-state index is -0.516. The molecule has 1 spiro atoms. The summed E-state index contributed by atoms with van der Waals surface area (Å²) in [4.78, 5) is 0. The summed E-state index contributed by atoms with van der Waals surface area (Å²) < 4.78 is 6.60. The van der Waals surface area contributed by atoms with Gasteiger partial charge in [0, 0.05) is 16.2 Å². The van der Waals surface area contributed by atoms with Gasteiger partial charge in [0.15, 0.2) is 0 Å². The van der Waals surface area contributed by atoms with Gasteiger partial charge in [0.1, 0.15) is 11.2 Å². The molecule has 0 bridgehead atoms. The van der Waals surface area contributed by atoms with Crippen LogP contribution in [0, 0.1) is 0 Å². The third-order valence-electron chi connectivity index (χ3n) is 15.8. The number of fused-ring (bicyclic) bond motifs is 24. The SMILES string of the molecule is c1ccc2c(c1)-c1ccccc1C21c2c(ccc3ccccc23)-c2c1c1ccc(-c3c4ccccc4c(-c4ccc5oc6c7ccccc7ccc6c5c4)c4ccccc34)cc1c1ccccc21. The zero-order valence-corrected chi connectivity index (χ0v) is 36.8. The zero-order valence-electron chi connectivity index (χ0n) is 36.8. The number of rotatable bonds is 2. The monoisotopic (exact) mass is 858 g/mol. The molecule has 0 atom stereocenters. The highest BCUT2D eigenvalue weighted by molar-refractivity contribution is 6.26. The molecule has 0 saturated heterocycles. The molecule has 14 aromatic rings. The van der Waals surface area contributed by atoms with Crippen LogP contribution in [0.15, 0.2) is 235 Å². The Labute approximate surface area is 391 Å². The first kappa shape index (κ1) is 36.4. The zero-order chi connectivity index (χ0) is 44.2. The third-order valence-corrected chi connectivity index (χ3v) is 15.8. The summed E-state index contributed by atoms with van der Waals surface area (Å²) >= 11 is 0. The van der Waals surface area contributed by atoms with Crippen molar-refractivity contribution in [1.82, 2.24) is 0 Å². The molecule has 13 aromatic carbocycles.